The molecule has 13 nitrogen and oxygen atoms in total. The molecule has 0 radical (unpaired) electrons. The Labute approximate surface area is 318 Å². The zero-order chi connectivity index (χ0) is 38.2. The lowest BCUT2D eigenvalue weighted by Gasteiger charge is -2.43. The van der Waals surface area contributed by atoms with Gasteiger partial charge in [0.15, 0.2) is 11.6 Å². The summed E-state index contributed by atoms with van der Waals surface area (Å²) in [7, 11) is 0. The van der Waals surface area contributed by atoms with Crippen molar-refractivity contribution in [2.45, 2.75) is 58.7 Å². The topological polar surface area (TPSA) is 128 Å². The minimum atomic E-state index is -0.655. The Balaban J connectivity index is 0.836. The molecule has 2 N–H and O–H groups in total. The highest BCUT2D eigenvalue weighted by Crippen LogP contribution is 2.31. The van der Waals surface area contributed by atoms with Crippen molar-refractivity contribution in [1.82, 2.24) is 39.6 Å². The van der Waals surface area contributed by atoms with E-state index < -0.39 is 11.6 Å². The van der Waals surface area contributed by atoms with E-state index in [0.29, 0.717) is 41.7 Å². The Morgan fingerprint density at radius 1 is 0.873 bits per heavy atom. The first-order valence-corrected chi connectivity index (χ1v) is 19.0. The molecule has 2 aromatic carbocycles. The van der Waals surface area contributed by atoms with Gasteiger partial charge in [-0.25, -0.2) is 33.5 Å². The van der Waals surface area contributed by atoms with Crippen LogP contribution in [0.1, 0.15) is 50.5 Å². The summed E-state index contributed by atoms with van der Waals surface area (Å²) in [6, 6.07) is 15.1. The van der Waals surface area contributed by atoms with Crippen molar-refractivity contribution in [3.05, 3.63) is 83.9 Å². The van der Waals surface area contributed by atoms with Gasteiger partial charge in [-0.15, -0.1) is 0 Å². The van der Waals surface area contributed by atoms with Crippen LogP contribution in [0.25, 0.3) is 22.3 Å². The molecule has 3 aliphatic heterocycles. The lowest BCUT2D eigenvalue weighted by Crippen LogP contribution is -2.53. The van der Waals surface area contributed by atoms with Crippen molar-refractivity contribution < 1.29 is 18.4 Å². The van der Waals surface area contributed by atoms with E-state index >= 15 is 8.78 Å². The quantitative estimate of drug-likeness (QED) is 0.184. The third-order valence-electron chi connectivity index (χ3n) is 10.9. The number of imide groups is 1. The summed E-state index contributed by atoms with van der Waals surface area (Å²) in [5, 5.41) is 5.48. The average molecular weight is 750 g/mol. The predicted molar refractivity (Wildman–Crippen MR) is 207 cm³/mol. The van der Waals surface area contributed by atoms with Crippen LogP contribution in [0.4, 0.5) is 36.7 Å². The lowest BCUT2D eigenvalue weighted by atomic mass is 10.0. The molecular formula is C40H45F2N11O2. The van der Waals surface area contributed by atoms with Crippen LogP contribution in [-0.2, 0) is 11.3 Å². The first kappa shape index (κ1) is 36.4. The van der Waals surface area contributed by atoms with E-state index in [-0.39, 0.29) is 35.1 Å². The average Bonchev–Trinajstić information content (AvgIpc) is 3.53. The fourth-order valence-corrected chi connectivity index (χ4v) is 8.12. The Morgan fingerprint density at radius 2 is 1.67 bits per heavy atom. The van der Waals surface area contributed by atoms with E-state index in [2.05, 4.69) is 57.4 Å². The van der Waals surface area contributed by atoms with E-state index in [1.807, 2.05) is 55.8 Å². The smallest absolute Gasteiger partial charge is 0.328 e. The van der Waals surface area contributed by atoms with Crippen LogP contribution in [-0.4, -0.2) is 98.1 Å². The summed E-state index contributed by atoms with van der Waals surface area (Å²) in [5.41, 5.74) is 4.13. The predicted octanol–water partition coefficient (Wildman–Crippen LogP) is 6.03. The van der Waals surface area contributed by atoms with E-state index in [4.69, 9.17) is 0 Å². The molecule has 0 saturated carbocycles. The maximum absolute atomic E-state index is 15.1. The number of piperazine rings is 1. The number of fused-ring (bicyclic) bond motifs is 1. The number of pyridine rings is 1. The minimum absolute atomic E-state index is 0.0106. The highest BCUT2D eigenvalue weighted by atomic mass is 19.1. The molecule has 3 saturated heterocycles. The molecule has 3 aromatic heterocycles. The van der Waals surface area contributed by atoms with E-state index in [9.17, 15) is 9.59 Å². The summed E-state index contributed by atoms with van der Waals surface area (Å²) in [5.74, 6) is -0.0567. The van der Waals surface area contributed by atoms with Crippen LogP contribution < -0.4 is 20.4 Å². The van der Waals surface area contributed by atoms with Crippen LogP contribution >= 0.6 is 0 Å². The van der Waals surface area contributed by atoms with Crippen LogP contribution in [0, 0.1) is 18.6 Å². The molecular weight excluding hydrogens is 705 g/mol. The van der Waals surface area contributed by atoms with Crippen molar-refractivity contribution >= 4 is 46.1 Å². The number of nitrogens with zero attached hydrogens (tertiary/aromatic N) is 9. The second-order valence-corrected chi connectivity index (χ2v) is 14.8. The summed E-state index contributed by atoms with van der Waals surface area (Å²) in [6.07, 6.45) is 5.36. The first-order chi connectivity index (χ1) is 26.6. The number of hydrogen-bond acceptors (Lipinski definition) is 10. The van der Waals surface area contributed by atoms with Gasteiger partial charge in [0.2, 0.25) is 11.9 Å². The monoisotopic (exact) mass is 749 g/mol. The van der Waals surface area contributed by atoms with E-state index in [1.165, 1.54) is 6.07 Å². The van der Waals surface area contributed by atoms with Crippen LogP contribution in [0.2, 0.25) is 0 Å². The second-order valence-electron chi connectivity index (χ2n) is 14.8. The second kappa shape index (κ2) is 15.3. The van der Waals surface area contributed by atoms with Gasteiger partial charge in [-0.2, -0.15) is 0 Å². The normalized spacial score (nSPS) is 17.7. The number of hydrogen-bond donors (Lipinski definition) is 2. The van der Waals surface area contributed by atoms with E-state index in [0.717, 1.165) is 81.8 Å². The first-order valence-electron chi connectivity index (χ1n) is 19.0. The van der Waals surface area contributed by atoms with Gasteiger partial charge in [-0.05, 0) is 75.6 Å². The van der Waals surface area contributed by atoms with Gasteiger partial charge in [0, 0.05) is 82.1 Å². The molecule has 8 rings (SSSR count). The molecule has 0 bridgehead atoms. The molecule has 6 heterocycles. The minimum Gasteiger partial charge on any atom is -0.370 e. The number of imidazole rings is 1. The zero-order valence-corrected chi connectivity index (χ0v) is 31.3. The number of benzene rings is 2. The molecule has 286 valence electrons. The Hall–Kier alpha value is -5.54. The number of carbonyl (C=O) groups is 2. The van der Waals surface area contributed by atoms with Crippen molar-refractivity contribution in [2.75, 3.05) is 60.9 Å². The SMILES string of the molecule is Cc1nc2c(F)cc(-c3nc(Nc4ccc(N5CCC(N6CCN(Cc7cccc(N8CCC(=O)NC8=O)c7)CC6)CC5)cn4)ncc3F)cc2n1C(C)C. The highest BCUT2D eigenvalue weighted by Gasteiger charge is 2.29. The number of carbonyl (C=O) groups excluding carboxylic acids is 2. The Bertz CT molecular complexity index is 2210. The van der Waals surface area contributed by atoms with Gasteiger partial charge < -0.3 is 14.8 Å². The maximum Gasteiger partial charge on any atom is 0.328 e. The number of halogens is 2. The van der Waals surface area contributed by atoms with Crippen molar-refractivity contribution in [2.24, 2.45) is 0 Å². The summed E-state index contributed by atoms with van der Waals surface area (Å²) in [4.78, 5) is 50.5. The number of piperidine rings is 1. The Kier molecular flexibility index (Phi) is 10.1. The maximum atomic E-state index is 15.1. The summed E-state index contributed by atoms with van der Waals surface area (Å²) >= 11 is 0. The summed E-state index contributed by atoms with van der Waals surface area (Å²) < 4.78 is 32.1. The molecule has 3 fully saturated rings. The van der Waals surface area contributed by atoms with E-state index in [1.54, 1.807) is 11.0 Å². The van der Waals surface area contributed by atoms with Gasteiger partial charge in [-0.1, -0.05) is 12.1 Å². The van der Waals surface area contributed by atoms with Crippen LogP contribution in [0.15, 0.2) is 60.9 Å². The fourth-order valence-electron chi connectivity index (χ4n) is 8.12. The van der Waals surface area contributed by atoms with Gasteiger partial charge in [0.25, 0.3) is 0 Å². The third kappa shape index (κ3) is 7.71. The fraction of sp³-hybridized carbons (Fsp3) is 0.400. The number of aromatic nitrogens is 5. The molecule has 0 spiro atoms. The highest BCUT2D eigenvalue weighted by molar-refractivity contribution is 6.05. The largest absolute Gasteiger partial charge is 0.370 e. The number of nitrogens with one attached hydrogen (secondary N) is 2. The standard InChI is InChI=1S/C40H45F2N11O2/c1-25(2)53-26(3)45-38-32(41)20-28(21-34(38)53)37-33(42)23-44-39(48-37)46-35-8-7-31(22-43-35)50-12-9-29(10-13-50)51-17-15-49(16-18-51)24-27-5-4-6-30(19-27)52-14-11-36(54)47-40(52)55/h4-8,19-23,25,29H,9-18,24H2,1-3H3,(H,47,54,55)(H,43,44,46,48). The number of amides is 3. The van der Waals surface area contributed by atoms with Crippen LogP contribution in [0.5, 0.6) is 0 Å². The molecule has 3 amide bonds. The number of rotatable bonds is 9. The molecule has 5 aromatic rings. The number of aryl methyl sites for hydroxylation is 1. The molecule has 15 heteroatoms. The van der Waals surface area contributed by atoms with Gasteiger partial charge in [-0.3, -0.25) is 24.8 Å². The molecule has 0 unspecified atom stereocenters. The van der Waals surface area contributed by atoms with Crippen molar-refractivity contribution in [3.8, 4) is 11.3 Å². The molecule has 0 atom stereocenters. The lowest BCUT2D eigenvalue weighted by molar-refractivity contribution is -0.120. The van der Waals surface area contributed by atoms with Crippen LogP contribution in [0.3, 0.4) is 0 Å². The number of urea groups is 1. The van der Waals surface area contributed by atoms with Gasteiger partial charge >= 0.3 is 6.03 Å². The molecule has 3 aliphatic rings. The Morgan fingerprint density at radius 3 is 2.40 bits per heavy atom. The zero-order valence-electron chi connectivity index (χ0n) is 31.3. The van der Waals surface area contributed by atoms with Crippen molar-refractivity contribution in [1.29, 1.82) is 0 Å². The van der Waals surface area contributed by atoms with Gasteiger partial charge in [0.1, 0.15) is 22.9 Å². The van der Waals surface area contributed by atoms with Crippen molar-refractivity contribution in [3.63, 3.8) is 0 Å². The van der Waals surface area contributed by atoms with Gasteiger partial charge in [0.05, 0.1) is 23.6 Å². The molecule has 55 heavy (non-hydrogen) atoms. The third-order valence-corrected chi connectivity index (χ3v) is 10.9. The number of anilines is 4. The summed E-state index contributed by atoms with van der Waals surface area (Å²) in [6.45, 7) is 12.9. The molecule has 0 aliphatic carbocycles.